The smallest absolute Gasteiger partial charge is 0.226 e. The standard InChI is InChI=1S/C23H25ClN2O2/c1-16-8-10-18(11-9-16)22-13-21(28-25-22)15-26(23(27)19-5-3-6-19)14-17-4-2-7-20(24)12-17/h2,4,7-12,19,21H,3,5-6,13-15H2,1H3/t21-/m1/s1. The van der Waals surface area contributed by atoms with E-state index in [1.54, 1.807) is 0 Å². The van der Waals surface area contributed by atoms with E-state index in [1.165, 1.54) is 5.56 Å². The average molecular weight is 397 g/mol. The van der Waals surface area contributed by atoms with Gasteiger partial charge in [0.25, 0.3) is 0 Å². The zero-order valence-electron chi connectivity index (χ0n) is 16.1. The number of oxime groups is 1. The number of benzene rings is 2. The summed E-state index contributed by atoms with van der Waals surface area (Å²) < 4.78 is 0. The van der Waals surface area contributed by atoms with Gasteiger partial charge in [0.1, 0.15) is 0 Å². The zero-order valence-corrected chi connectivity index (χ0v) is 16.9. The lowest BCUT2D eigenvalue weighted by Crippen LogP contribution is -2.42. The van der Waals surface area contributed by atoms with E-state index in [1.807, 2.05) is 29.2 Å². The molecule has 0 spiro atoms. The quantitative estimate of drug-likeness (QED) is 0.691. The Kier molecular flexibility index (Phi) is 5.67. The minimum atomic E-state index is -0.112. The molecule has 4 rings (SSSR count). The lowest BCUT2D eigenvalue weighted by molar-refractivity contribution is -0.140. The third kappa shape index (κ3) is 4.39. The normalized spacial score (nSPS) is 18.9. The molecule has 0 N–H and O–H groups in total. The van der Waals surface area contributed by atoms with Crippen molar-refractivity contribution in [2.24, 2.45) is 11.1 Å². The van der Waals surface area contributed by atoms with Crippen LogP contribution in [-0.4, -0.2) is 29.2 Å². The summed E-state index contributed by atoms with van der Waals surface area (Å²) in [4.78, 5) is 20.6. The molecule has 1 heterocycles. The molecule has 1 aliphatic carbocycles. The van der Waals surface area contributed by atoms with Gasteiger partial charge in [0.15, 0.2) is 6.10 Å². The van der Waals surface area contributed by atoms with Gasteiger partial charge in [-0.15, -0.1) is 0 Å². The summed E-state index contributed by atoms with van der Waals surface area (Å²) in [6.45, 7) is 3.16. The molecule has 0 bridgehead atoms. The van der Waals surface area contributed by atoms with Crippen molar-refractivity contribution in [3.63, 3.8) is 0 Å². The second-order valence-electron chi connectivity index (χ2n) is 7.81. The molecule has 2 aromatic rings. The molecule has 2 aromatic carbocycles. The van der Waals surface area contributed by atoms with Gasteiger partial charge < -0.3 is 9.74 Å². The maximum absolute atomic E-state index is 13.0. The van der Waals surface area contributed by atoms with Gasteiger partial charge in [-0.3, -0.25) is 4.79 Å². The first-order valence-electron chi connectivity index (χ1n) is 9.91. The highest BCUT2D eigenvalue weighted by Crippen LogP contribution is 2.30. The van der Waals surface area contributed by atoms with Crippen LogP contribution in [-0.2, 0) is 16.2 Å². The fourth-order valence-corrected chi connectivity index (χ4v) is 3.90. The minimum Gasteiger partial charge on any atom is -0.390 e. The van der Waals surface area contributed by atoms with Crippen LogP contribution in [0.4, 0.5) is 0 Å². The van der Waals surface area contributed by atoms with Gasteiger partial charge in [0.05, 0.1) is 12.3 Å². The Morgan fingerprint density at radius 2 is 2.00 bits per heavy atom. The first kappa shape index (κ1) is 19.0. The Morgan fingerprint density at radius 1 is 1.21 bits per heavy atom. The molecule has 1 saturated carbocycles. The Balaban J connectivity index is 1.43. The van der Waals surface area contributed by atoms with Crippen molar-refractivity contribution in [1.29, 1.82) is 0 Å². The second kappa shape index (κ2) is 8.36. The van der Waals surface area contributed by atoms with Crippen molar-refractivity contribution in [2.45, 2.75) is 45.3 Å². The Morgan fingerprint density at radius 3 is 2.68 bits per heavy atom. The van der Waals surface area contributed by atoms with Gasteiger partial charge in [-0.25, -0.2) is 0 Å². The van der Waals surface area contributed by atoms with Crippen molar-refractivity contribution >= 4 is 23.2 Å². The molecule has 4 nitrogen and oxygen atoms in total. The van der Waals surface area contributed by atoms with Gasteiger partial charge in [-0.2, -0.15) is 0 Å². The molecule has 0 radical (unpaired) electrons. The second-order valence-corrected chi connectivity index (χ2v) is 8.25. The van der Waals surface area contributed by atoms with Crippen molar-refractivity contribution in [3.8, 4) is 0 Å². The maximum atomic E-state index is 13.0. The first-order chi connectivity index (χ1) is 13.6. The molecule has 1 amide bonds. The van der Waals surface area contributed by atoms with Gasteiger partial charge in [-0.05, 0) is 43.0 Å². The Labute approximate surface area is 171 Å². The van der Waals surface area contributed by atoms with E-state index < -0.39 is 0 Å². The number of aryl methyl sites for hydroxylation is 1. The number of nitrogens with zero attached hydrogens (tertiary/aromatic N) is 2. The van der Waals surface area contributed by atoms with Crippen LogP contribution >= 0.6 is 11.6 Å². The van der Waals surface area contributed by atoms with Crippen molar-refractivity contribution in [2.75, 3.05) is 6.54 Å². The third-order valence-electron chi connectivity index (χ3n) is 5.57. The van der Waals surface area contributed by atoms with E-state index in [0.29, 0.717) is 24.5 Å². The van der Waals surface area contributed by atoms with Crippen molar-refractivity contribution in [1.82, 2.24) is 4.90 Å². The summed E-state index contributed by atoms with van der Waals surface area (Å²) in [5.41, 5.74) is 4.29. The number of rotatable bonds is 6. The Hall–Kier alpha value is -2.33. The molecule has 0 saturated heterocycles. The fraction of sp³-hybridized carbons (Fsp3) is 0.391. The van der Waals surface area contributed by atoms with E-state index in [2.05, 4.69) is 36.3 Å². The van der Waals surface area contributed by atoms with E-state index in [4.69, 9.17) is 16.4 Å². The van der Waals surface area contributed by atoms with Crippen LogP contribution < -0.4 is 0 Å². The van der Waals surface area contributed by atoms with E-state index >= 15 is 0 Å². The van der Waals surface area contributed by atoms with Crippen LogP contribution in [0, 0.1) is 12.8 Å². The van der Waals surface area contributed by atoms with Gasteiger partial charge in [0, 0.05) is 23.9 Å². The predicted molar refractivity (Wildman–Crippen MR) is 111 cm³/mol. The average Bonchev–Trinajstić information content (AvgIpc) is 3.09. The number of hydrogen-bond acceptors (Lipinski definition) is 3. The Bertz CT molecular complexity index is 874. The molecule has 1 aliphatic heterocycles. The van der Waals surface area contributed by atoms with E-state index in [9.17, 15) is 4.79 Å². The van der Waals surface area contributed by atoms with Gasteiger partial charge in [-0.1, -0.05) is 65.1 Å². The number of halogens is 1. The van der Waals surface area contributed by atoms with E-state index in [-0.39, 0.29) is 17.9 Å². The minimum absolute atomic E-state index is 0.112. The lowest BCUT2D eigenvalue weighted by Gasteiger charge is -2.32. The molecule has 2 aliphatic rings. The zero-order chi connectivity index (χ0) is 19.5. The highest BCUT2D eigenvalue weighted by Gasteiger charge is 2.32. The number of carbonyl (C=O) groups excluding carboxylic acids is 1. The van der Waals surface area contributed by atoms with Gasteiger partial charge in [0.2, 0.25) is 5.91 Å². The van der Waals surface area contributed by atoms with Crippen LogP contribution in [0.25, 0.3) is 0 Å². The molecule has 1 atom stereocenters. The molecule has 146 valence electrons. The largest absolute Gasteiger partial charge is 0.390 e. The van der Waals surface area contributed by atoms with Gasteiger partial charge >= 0.3 is 0 Å². The van der Waals surface area contributed by atoms with E-state index in [0.717, 1.165) is 36.1 Å². The van der Waals surface area contributed by atoms with Crippen molar-refractivity contribution < 1.29 is 9.63 Å². The fourth-order valence-electron chi connectivity index (χ4n) is 3.69. The lowest BCUT2D eigenvalue weighted by atomic mass is 9.84. The molecule has 1 fully saturated rings. The summed E-state index contributed by atoms with van der Waals surface area (Å²) in [5.74, 6) is 0.372. The molecule has 0 aromatic heterocycles. The summed E-state index contributed by atoms with van der Waals surface area (Å²) in [6, 6.07) is 16.0. The highest BCUT2D eigenvalue weighted by atomic mass is 35.5. The molecular formula is C23H25ClN2O2. The number of hydrogen-bond donors (Lipinski definition) is 0. The molecule has 28 heavy (non-hydrogen) atoms. The SMILES string of the molecule is Cc1ccc(C2=NO[C@@H](CN(Cc3cccc(Cl)c3)C(=O)C3CCC3)C2)cc1. The first-order valence-corrected chi connectivity index (χ1v) is 10.3. The summed E-state index contributed by atoms with van der Waals surface area (Å²) in [6.07, 6.45) is 3.72. The highest BCUT2D eigenvalue weighted by molar-refractivity contribution is 6.30. The molecule has 0 unspecified atom stereocenters. The summed E-state index contributed by atoms with van der Waals surface area (Å²) >= 11 is 6.13. The summed E-state index contributed by atoms with van der Waals surface area (Å²) in [7, 11) is 0. The van der Waals surface area contributed by atoms with Crippen LogP contribution in [0.5, 0.6) is 0 Å². The number of amides is 1. The van der Waals surface area contributed by atoms with Crippen LogP contribution in [0.15, 0.2) is 53.7 Å². The molecular weight excluding hydrogens is 372 g/mol. The molecule has 5 heteroatoms. The van der Waals surface area contributed by atoms with Crippen LogP contribution in [0.2, 0.25) is 5.02 Å². The van der Waals surface area contributed by atoms with Crippen molar-refractivity contribution in [3.05, 3.63) is 70.2 Å². The number of carbonyl (C=O) groups is 1. The topological polar surface area (TPSA) is 41.9 Å². The third-order valence-corrected chi connectivity index (χ3v) is 5.81. The summed E-state index contributed by atoms with van der Waals surface area (Å²) in [5, 5.41) is 4.98. The van der Waals surface area contributed by atoms with Crippen LogP contribution in [0.3, 0.4) is 0 Å². The van der Waals surface area contributed by atoms with Crippen LogP contribution in [0.1, 0.15) is 42.4 Å². The predicted octanol–water partition coefficient (Wildman–Crippen LogP) is 4.97. The monoisotopic (exact) mass is 396 g/mol. The maximum Gasteiger partial charge on any atom is 0.226 e.